The van der Waals surface area contributed by atoms with Gasteiger partial charge < -0.3 is 10.1 Å². The lowest BCUT2D eigenvalue weighted by Gasteiger charge is -2.14. The Morgan fingerprint density at radius 2 is 1.73 bits per heavy atom. The SMILES string of the molecule is O=C(COC(=O)Cc1ccc(F)cc1)Nc1ccc(Cl)cc1C(F)(F)F. The standard InChI is InChI=1S/C17H12ClF4NO3/c18-11-3-6-14(13(8-11)17(20,21)22)23-15(24)9-26-16(25)7-10-1-4-12(19)5-2-10/h1-6,8H,7,9H2,(H,23,24). The highest BCUT2D eigenvalue weighted by molar-refractivity contribution is 6.30. The van der Waals surface area contributed by atoms with Crippen molar-refractivity contribution in [2.75, 3.05) is 11.9 Å². The van der Waals surface area contributed by atoms with E-state index in [0.29, 0.717) is 11.6 Å². The van der Waals surface area contributed by atoms with E-state index >= 15 is 0 Å². The summed E-state index contributed by atoms with van der Waals surface area (Å²) in [6.45, 7) is -0.764. The van der Waals surface area contributed by atoms with Gasteiger partial charge in [0, 0.05) is 5.02 Å². The fourth-order valence-corrected chi connectivity index (χ4v) is 2.18. The van der Waals surface area contributed by atoms with Gasteiger partial charge >= 0.3 is 12.1 Å². The summed E-state index contributed by atoms with van der Waals surface area (Å²) in [5.74, 6) is -2.19. The smallest absolute Gasteiger partial charge is 0.418 e. The maximum atomic E-state index is 12.9. The molecule has 26 heavy (non-hydrogen) atoms. The predicted octanol–water partition coefficient (Wildman–Crippen LogP) is 4.22. The number of carbonyl (C=O) groups excluding carboxylic acids is 2. The predicted molar refractivity (Wildman–Crippen MR) is 86.1 cm³/mol. The number of anilines is 1. The molecule has 1 amide bonds. The molecule has 2 rings (SSSR count). The molecule has 0 atom stereocenters. The van der Waals surface area contributed by atoms with Gasteiger partial charge in [0.05, 0.1) is 17.7 Å². The lowest BCUT2D eigenvalue weighted by Crippen LogP contribution is -2.23. The first-order valence-electron chi connectivity index (χ1n) is 7.22. The van der Waals surface area contributed by atoms with Crippen LogP contribution in [0, 0.1) is 5.82 Å². The second-order valence-corrected chi connectivity index (χ2v) is 5.64. The van der Waals surface area contributed by atoms with Crippen LogP contribution in [0.2, 0.25) is 5.02 Å². The Bertz CT molecular complexity index is 807. The topological polar surface area (TPSA) is 55.4 Å². The molecule has 0 aliphatic heterocycles. The second-order valence-electron chi connectivity index (χ2n) is 5.20. The van der Waals surface area contributed by atoms with Crippen LogP contribution in [0.4, 0.5) is 23.2 Å². The van der Waals surface area contributed by atoms with Crippen molar-refractivity contribution in [1.29, 1.82) is 0 Å². The van der Waals surface area contributed by atoms with Gasteiger partial charge in [0.2, 0.25) is 0 Å². The Hall–Kier alpha value is -2.61. The third kappa shape index (κ3) is 5.73. The van der Waals surface area contributed by atoms with E-state index in [1.54, 1.807) is 0 Å². The van der Waals surface area contributed by atoms with Crippen molar-refractivity contribution in [3.8, 4) is 0 Å². The minimum atomic E-state index is -4.72. The quantitative estimate of drug-likeness (QED) is 0.615. The highest BCUT2D eigenvalue weighted by atomic mass is 35.5. The average Bonchev–Trinajstić information content (AvgIpc) is 2.56. The van der Waals surface area contributed by atoms with Crippen LogP contribution in [0.3, 0.4) is 0 Å². The molecule has 0 bridgehead atoms. The second kappa shape index (κ2) is 8.18. The van der Waals surface area contributed by atoms with Crippen LogP contribution >= 0.6 is 11.6 Å². The van der Waals surface area contributed by atoms with E-state index in [-0.39, 0.29) is 11.4 Å². The van der Waals surface area contributed by atoms with Crippen molar-refractivity contribution >= 4 is 29.2 Å². The number of benzene rings is 2. The first-order chi connectivity index (χ1) is 12.1. The van der Waals surface area contributed by atoms with Gasteiger partial charge in [-0.2, -0.15) is 13.2 Å². The number of alkyl halides is 3. The number of ether oxygens (including phenoxy) is 1. The molecule has 1 N–H and O–H groups in total. The number of carbonyl (C=O) groups is 2. The van der Waals surface area contributed by atoms with Crippen LogP contribution in [0.5, 0.6) is 0 Å². The molecule has 0 radical (unpaired) electrons. The lowest BCUT2D eigenvalue weighted by molar-refractivity contribution is -0.146. The molecule has 2 aromatic rings. The normalized spacial score (nSPS) is 11.1. The fourth-order valence-electron chi connectivity index (χ4n) is 2.01. The van der Waals surface area contributed by atoms with Gasteiger partial charge in [-0.25, -0.2) is 4.39 Å². The summed E-state index contributed by atoms with van der Waals surface area (Å²) in [6, 6.07) is 7.94. The van der Waals surface area contributed by atoms with Gasteiger partial charge in [0.1, 0.15) is 5.82 Å². The van der Waals surface area contributed by atoms with E-state index < -0.39 is 41.7 Å². The molecule has 4 nitrogen and oxygen atoms in total. The van der Waals surface area contributed by atoms with Crippen LogP contribution in [-0.4, -0.2) is 18.5 Å². The molecule has 0 aromatic heterocycles. The summed E-state index contributed by atoms with van der Waals surface area (Å²) in [7, 11) is 0. The van der Waals surface area contributed by atoms with Crippen LogP contribution < -0.4 is 5.32 Å². The van der Waals surface area contributed by atoms with Gasteiger partial charge in [0.25, 0.3) is 5.91 Å². The molecular weight excluding hydrogens is 378 g/mol. The third-order valence-electron chi connectivity index (χ3n) is 3.19. The maximum absolute atomic E-state index is 12.9. The molecule has 0 fully saturated rings. The van der Waals surface area contributed by atoms with Gasteiger partial charge in [-0.1, -0.05) is 23.7 Å². The lowest BCUT2D eigenvalue weighted by atomic mass is 10.1. The summed E-state index contributed by atoms with van der Waals surface area (Å²) in [6.07, 6.45) is -4.92. The van der Waals surface area contributed by atoms with Crippen molar-refractivity contribution in [2.45, 2.75) is 12.6 Å². The minimum absolute atomic E-state index is 0.138. The Morgan fingerprint density at radius 3 is 2.35 bits per heavy atom. The van der Waals surface area contributed by atoms with Crippen molar-refractivity contribution in [1.82, 2.24) is 0 Å². The van der Waals surface area contributed by atoms with E-state index in [0.717, 1.165) is 18.2 Å². The molecular formula is C17H12ClF4NO3. The first kappa shape index (κ1) is 19.7. The molecule has 0 aliphatic rings. The summed E-state index contributed by atoms with van der Waals surface area (Å²) < 4.78 is 56.3. The summed E-state index contributed by atoms with van der Waals surface area (Å²) in [5, 5.41) is 1.89. The van der Waals surface area contributed by atoms with Crippen molar-refractivity contribution in [3.05, 3.63) is 64.4 Å². The van der Waals surface area contributed by atoms with Crippen molar-refractivity contribution < 1.29 is 31.9 Å². The van der Waals surface area contributed by atoms with Gasteiger partial charge in [-0.3, -0.25) is 9.59 Å². The number of rotatable bonds is 5. The van der Waals surface area contributed by atoms with E-state index in [9.17, 15) is 27.2 Å². The maximum Gasteiger partial charge on any atom is 0.418 e. The molecule has 9 heteroatoms. The highest BCUT2D eigenvalue weighted by Crippen LogP contribution is 2.36. The largest absolute Gasteiger partial charge is 0.455 e. The third-order valence-corrected chi connectivity index (χ3v) is 3.42. The molecule has 0 heterocycles. The van der Waals surface area contributed by atoms with Crippen LogP contribution in [0.15, 0.2) is 42.5 Å². The number of halogens is 5. The zero-order valence-corrected chi connectivity index (χ0v) is 13.8. The Kier molecular flexibility index (Phi) is 6.20. The summed E-state index contributed by atoms with van der Waals surface area (Å²) in [4.78, 5) is 23.4. The Balaban J connectivity index is 1.93. The Morgan fingerprint density at radius 1 is 1.08 bits per heavy atom. The summed E-state index contributed by atoms with van der Waals surface area (Å²) >= 11 is 5.54. The van der Waals surface area contributed by atoms with E-state index in [1.165, 1.54) is 18.2 Å². The molecule has 138 valence electrons. The van der Waals surface area contributed by atoms with E-state index in [2.05, 4.69) is 0 Å². The van der Waals surface area contributed by atoms with Crippen molar-refractivity contribution in [3.63, 3.8) is 0 Å². The molecule has 0 spiro atoms. The highest BCUT2D eigenvalue weighted by Gasteiger charge is 2.34. The molecule has 0 aliphatic carbocycles. The first-order valence-corrected chi connectivity index (χ1v) is 7.59. The van der Waals surface area contributed by atoms with Crippen molar-refractivity contribution in [2.24, 2.45) is 0 Å². The molecule has 2 aromatic carbocycles. The average molecular weight is 390 g/mol. The minimum Gasteiger partial charge on any atom is -0.455 e. The van der Waals surface area contributed by atoms with Crippen LogP contribution in [0.25, 0.3) is 0 Å². The Labute approximate surface area is 150 Å². The number of amides is 1. The zero-order chi connectivity index (χ0) is 19.3. The van der Waals surface area contributed by atoms with Crippen LogP contribution in [0.1, 0.15) is 11.1 Å². The van der Waals surface area contributed by atoms with E-state index in [4.69, 9.17) is 16.3 Å². The number of hydrogen-bond donors (Lipinski definition) is 1. The zero-order valence-electron chi connectivity index (χ0n) is 13.1. The fraction of sp³-hybridized carbons (Fsp3) is 0.176. The number of hydrogen-bond acceptors (Lipinski definition) is 3. The summed E-state index contributed by atoms with van der Waals surface area (Å²) in [5.41, 5.74) is -1.15. The number of esters is 1. The molecule has 0 saturated carbocycles. The van der Waals surface area contributed by atoms with Gasteiger partial charge in [-0.05, 0) is 35.9 Å². The number of nitrogens with one attached hydrogen (secondary N) is 1. The van der Waals surface area contributed by atoms with Gasteiger partial charge in [-0.15, -0.1) is 0 Å². The monoisotopic (exact) mass is 389 g/mol. The van der Waals surface area contributed by atoms with Gasteiger partial charge in [0.15, 0.2) is 6.61 Å². The molecule has 0 unspecified atom stereocenters. The van der Waals surface area contributed by atoms with Crippen LogP contribution in [-0.2, 0) is 26.9 Å². The molecule has 0 saturated heterocycles. The van der Waals surface area contributed by atoms with E-state index in [1.807, 2.05) is 5.32 Å².